The van der Waals surface area contributed by atoms with Crippen LogP contribution in [0, 0.1) is 0 Å². The summed E-state index contributed by atoms with van der Waals surface area (Å²) in [5.41, 5.74) is 1.74. The van der Waals surface area contributed by atoms with Crippen LogP contribution in [-0.2, 0) is 16.6 Å². The van der Waals surface area contributed by atoms with Crippen molar-refractivity contribution in [3.05, 3.63) is 72.6 Å². The topological polar surface area (TPSA) is 64.4 Å². The van der Waals surface area contributed by atoms with E-state index >= 15 is 0 Å². The number of nitrogens with zero attached hydrogens (tertiary/aromatic N) is 3. The molecule has 0 radical (unpaired) electrons. The minimum absolute atomic E-state index is 0.235. The van der Waals surface area contributed by atoms with Gasteiger partial charge in [0.05, 0.1) is 23.4 Å². The van der Waals surface area contributed by atoms with Gasteiger partial charge in [-0.1, -0.05) is 18.2 Å². The van der Waals surface area contributed by atoms with Crippen LogP contribution >= 0.6 is 0 Å². The Hall–Kier alpha value is -2.64. The molecule has 0 saturated heterocycles. The van der Waals surface area contributed by atoms with Crippen LogP contribution in [0.1, 0.15) is 12.5 Å². The number of sulfonamides is 1. The Labute approximate surface area is 153 Å². The summed E-state index contributed by atoms with van der Waals surface area (Å²) < 4.78 is 33.9. The maximum Gasteiger partial charge on any atom is 0.243 e. The van der Waals surface area contributed by atoms with Gasteiger partial charge in [-0.3, -0.25) is 0 Å². The standard InChI is InChI=1S/C19H21N3O3S/c1-3-25-18-9-11-19(12-10-18)26(23,24)21(2)14-16-13-20-22(15-16)17-7-5-4-6-8-17/h4-13,15H,3,14H2,1-2H3. The second kappa shape index (κ2) is 7.72. The van der Waals surface area contributed by atoms with Crippen molar-refractivity contribution in [1.29, 1.82) is 0 Å². The Kier molecular flexibility index (Phi) is 5.39. The molecule has 3 rings (SSSR count). The van der Waals surface area contributed by atoms with E-state index in [1.165, 1.54) is 4.31 Å². The number of aromatic nitrogens is 2. The lowest BCUT2D eigenvalue weighted by Crippen LogP contribution is -2.26. The predicted molar refractivity (Wildman–Crippen MR) is 99.8 cm³/mol. The molecule has 0 amide bonds. The van der Waals surface area contributed by atoms with E-state index in [9.17, 15) is 8.42 Å². The number of rotatable bonds is 7. The Bertz CT molecular complexity index is 951. The molecule has 2 aromatic carbocycles. The summed E-state index contributed by atoms with van der Waals surface area (Å²) in [5, 5.41) is 4.31. The fourth-order valence-corrected chi connectivity index (χ4v) is 3.72. The molecule has 0 spiro atoms. The van der Waals surface area contributed by atoms with Crippen molar-refractivity contribution in [3.63, 3.8) is 0 Å². The fraction of sp³-hybridized carbons (Fsp3) is 0.211. The van der Waals surface area contributed by atoms with Gasteiger partial charge in [0.2, 0.25) is 10.0 Å². The number of hydrogen-bond acceptors (Lipinski definition) is 4. The molecule has 0 bridgehead atoms. The van der Waals surface area contributed by atoms with E-state index in [0.717, 1.165) is 11.3 Å². The van der Waals surface area contributed by atoms with Crippen LogP contribution in [0.4, 0.5) is 0 Å². The van der Waals surface area contributed by atoms with E-state index in [2.05, 4.69) is 5.10 Å². The summed E-state index contributed by atoms with van der Waals surface area (Å²) in [6.45, 7) is 2.66. The minimum Gasteiger partial charge on any atom is -0.494 e. The van der Waals surface area contributed by atoms with E-state index < -0.39 is 10.0 Å². The third kappa shape index (κ3) is 3.95. The number of para-hydroxylation sites is 1. The molecule has 0 aliphatic carbocycles. The second-order valence-electron chi connectivity index (χ2n) is 5.79. The number of hydrogen-bond donors (Lipinski definition) is 0. The van der Waals surface area contributed by atoms with Gasteiger partial charge in [-0.15, -0.1) is 0 Å². The zero-order chi connectivity index (χ0) is 18.6. The molecular weight excluding hydrogens is 350 g/mol. The Morgan fingerprint density at radius 3 is 2.42 bits per heavy atom. The van der Waals surface area contributed by atoms with E-state index in [1.807, 2.05) is 43.5 Å². The first kappa shape index (κ1) is 18.2. The normalized spacial score (nSPS) is 11.7. The first-order valence-corrected chi connectivity index (χ1v) is 9.73. The Morgan fingerprint density at radius 2 is 1.77 bits per heavy atom. The predicted octanol–water partition coefficient (Wildman–Crippen LogP) is 3.09. The van der Waals surface area contributed by atoms with Crippen molar-refractivity contribution in [2.75, 3.05) is 13.7 Å². The molecule has 7 heteroatoms. The van der Waals surface area contributed by atoms with Crippen molar-refractivity contribution < 1.29 is 13.2 Å². The summed E-state index contributed by atoms with van der Waals surface area (Å²) >= 11 is 0. The highest BCUT2D eigenvalue weighted by Gasteiger charge is 2.21. The lowest BCUT2D eigenvalue weighted by molar-refractivity contribution is 0.340. The van der Waals surface area contributed by atoms with Crippen molar-refractivity contribution in [2.24, 2.45) is 0 Å². The van der Waals surface area contributed by atoms with Gasteiger partial charge in [0, 0.05) is 25.4 Å². The fourth-order valence-electron chi connectivity index (χ4n) is 2.56. The van der Waals surface area contributed by atoms with Gasteiger partial charge < -0.3 is 4.74 Å². The average Bonchev–Trinajstić information content (AvgIpc) is 3.12. The zero-order valence-corrected chi connectivity index (χ0v) is 15.6. The van der Waals surface area contributed by atoms with Gasteiger partial charge in [-0.2, -0.15) is 9.40 Å². The summed E-state index contributed by atoms with van der Waals surface area (Å²) in [5.74, 6) is 0.651. The smallest absolute Gasteiger partial charge is 0.243 e. The summed E-state index contributed by atoms with van der Waals surface area (Å²) in [6.07, 6.45) is 3.51. The van der Waals surface area contributed by atoms with Crippen molar-refractivity contribution >= 4 is 10.0 Å². The highest BCUT2D eigenvalue weighted by molar-refractivity contribution is 7.89. The van der Waals surface area contributed by atoms with Crippen LogP contribution < -0.4 is 4.74 Å². The quantitative estimate of drug-likeness (QED) is 0.640. The molecule has 0 aliphatic rings. The molecule has 6 nitrogen and oxygen atoms in total. The van der Waals surface area contributed by atoms with Gasteiger partial charge >= 0.3 is 0 Å². The average molecular weight is 371 g/mol. The maximum absolute atomic E-state index is 12.7. The van der Waals surface area contributed by atoms with Crippen LogP contribution in [0.25, 0.3) is 5.69 Å². The van der Waals surface area contributed by atoms with Crippen LogP contribution in [0.3, 0.4) is 0 Å². The molecule has 3 aromatic rings. The highest BCUT2D eigenvalue weighted by atomic mass is 32.2. The van der Waals surface area contributed by atoms with Crippen molar-refractivity contribution in [1.82, 2.24) is 14.1 Å². The molecule has 0 unspecified atom stereocenters. The number of ether oxygens (including phenoxy) is 1. The second-order valence-corrected chi connectivity index (χ2v) is 7.84. The Balaban J connectivity index is 1.74. The van der Waals surface area contributed by atoms with E-state index in [0.29, 0.717) is 12.4 Å². The maximum atomic E-state index is 12.7. The van der Waals surface area contributed by atoms with Crippen LogP contribution in [0.15, 0.2) is 71.9 Å². The van der Waals surface area contributed by atoms with Crippen molar-refractivity contribution in [2.45, 2.75) is 18.4 Å². The van der Waals surface area contributed by atoms with Gasteiger partial charge in [0.15, 0.2) is 0 Å². The van der Waals surface area contributed by atoms with E-state index in [1.54, 1.807) is 42.2 Å². The van der Waals surface area contributed by atoms with Crippen molar-refractivity contribution in [3.8, 4) is 11.4 Å². The van der Waals surface area contributed by atoms with E-state index in [4.69, 9.17) is 4.74 Å². The molecule has 0 aliphatic heterocycles. The van der Waals surface area contributed by atoms with Crippen LogP contribution in [0.2, 0.25) is 0 Å². The monoisotopic (exact) mass is 371 g/mol. The molecule has 0 atom stereocenters. The summed E-state index contributed by atoms with van der Waals surface area (Å²) in [4.78, 5) is 0.235. The van der Waals surface area contributed by atoms with Gasteiger partial charge in [0.1, 0.15) is 5.75 Å². The molecule has 26 heavy (non-hydrogen) atoms. The lowest BCUT2D eigenvalue weighted by atomic mass is 10.3. The molecule has 1 heterocycles. The third-order valence-electron chi connectivity index (χ3n) is 3.90. The molecule has 0 saturated carbocycles. The zero-order valence-electron chi connectivity index (χ0n) is 14.7. The first-order valence-electron chi connectivity index (χ1n) is 8.29. The highest BCUT2D eigenvalue weighted by Crippen LogP contribution is 2.20. The van der Waals surface area contributed by atoms with Crippen LogP contribution in [-0.4, -0.2) is 36.2 Å². The molecular formula is C19H21N3O3S. The first-order chi connectivity index (χ1) is 12.5. The molecule has 1 aromatic heterocycles. The van der Waals surface area contributed by atoms with Crippen LogP contribution in [0.5, 0.6) is 5.75 Å². The Morgan fingerprint density at radius 1 is 1.08 bits per heavy atom. The third-order valence-corrected chi connectivity index (χ3v) is 5.72. The SMILES string of the molecule is CCOc1ccc(S(=O)(=O)N(C)Cc2cnn(-c3ccccc3)c2)cc1. The largest absolute Gasteiger partial charge is 0.494 e. The van der Waals surface area contributed by atoms with Gasteiger partial charge in [-0.05, 0) is 43.3 Å². The summed E-state index contributed by atoms with van der Waals surface area (Å²) in [6, 6.07) is 16.1. The molecule has 136 valence electrons. The van der Waals surface area contributed by atoms with E-state index in [-0.39, 0.29) is 11.4 Å². The van der Waals surface area contributed by atoms with Gasteiger partial charge in [0.25, 0.3) is 0 Å². The van der Waals surface area contributed by atoms with Gasteiger partial charge in [-0.25, -0.2) is 13.1 Å². The minimum atomic E-state index is -3.58. The number of benzene rings is 2. The molecule has 0 N–H and O–H groups in total. The summed E-state index contributed by atoms with van der Waals surface area (Å²) in [7, 11) is -2.02. The lowest BCUT2D eigenvalue weighted by Gasteiger charge is -2.16. The molecule has 0 fully saturated rings.